The molecule has 2 aliphatic rings. The largest absolute Gasteiger partial charge is 0.481 e. The van der Waals surface area contributed by atoms with Crippen molar-refractivity contribution in [1.82, 2.24) is 0 Å². The summed E-state index contributed by atoms with van der Waals surface area (Å²) in [6, 6.07) is 7.77. The lowest BCUT2D eigenvalue weighted by Crippen LogP contribution is -2.56. The summed E-state index contributed by atoms with van der Waals surface area (Å²) >= 11 is 0. The highest BCUT2D eigenvalue weighted by Crippen LogP contribution is 2.63. The number of fused-ring (bicyclic) bond motifs is 1. The Balaban J connectivity index is 1.92. The smallest absolute Gasteiger partial charge is 0.310 e. The first kappa shape index (κ1) is 11.1. The summed E-state index contributed by atoms with van der Waals surface area (Å²) < 4.78 is 11.0. The van der Waals surface area contributed by atoms with Gasteiger partial charge in [-0.15, -0.1) is 0 Å². The first-order chi connectivity index (χ1) is 9.20. The summed E-state index contributed by atoms with van der Waals surface area (Å²) in [4.78, 5) is 11.7. The monoisotopic (exact) mass is 258 g/mol. The van der Waals surface area contributed by atoms with Crippen LogP contribution >= 0.6 is 0 Å². The quantitative estimate of drug-likeness (QED) is 0.919. The molecule has 0 radical (unpaired) electrons. The van der Waals surface area contributed by atoms with Gasteiger partial charge < -0.3 is 14.3 Å². The number of ether oxygens (including phenoxy) is 1. The van der Waals surface area contributed by atoms with Crippen LogP contribution in [0, 0.1) is 5.41 Å². The molecule has 1 aromatic carbocycles. The zero-order valence-corrected chi connectivity index (χ0v) is 10.4. The van der Waals surface area contributed by atoms with Crippen LogP contribution in [0.4, 0.5) is 0 Å². The van der Waals surface area contributed by atoms with Crippen molar-refractivity contribution in [2.75, 3.05) is 13.2 Å². The van der Waals surface area contributed by atoms with Crippen molar-refractivity contribution in [3.05, 3.63) is 36.1 Å². The van der Waals surface area contributed by atoms with Crippen LogP contribution in [-0.2, 0) is 14.9 Å². The molecule has 0 atom stereocenters. The van der Waals surface area contributed by atoms with E-state index in [1.165, 1.54) is 0 Å². The Kier molecular flexibility index (Phi) is 1.97. The van der Waals surface area contributed by atoms with Crippen molar-refractivity contribution >= 4 is 16.9 Å². The normalized spacial score (nSPS) is 22.9. The highest BCUT2D eigenvalue weighted by Gasteiger charge is 2.69. The van der Waals surface area contributed by atoms with Gasteiger partial charge in [-0.25, -0.2) is 0 Å². The van der Waals surface area contributed by atoms with E-state index in [2.05, 4.69) is 0 Å². The molecule has 19 heavy (non-hydrogen) atoms. The van der Waals surface area contributed by atoms with Crippen molar-refractivity contribution in [2.24, 2.45) is 5.41 Å². The molecule has 1 saturated carbocycles. The number of carboxylic acids is 1. The minimum Gasteiger partial charge on any atom is -0.481 e. The van der Waals surface area contributed by atoms with Crippen LogP contribution in [0.3, 0.4) is 0 Å². The Morgan fingerprint density at radius 2 is 1.95 bits per heavy atom. The lowest BCUT2D eigenvalue weighted by molar-refractivity contribution is -0.161. The Labute approximate surface area is 110 Å². The van der Waals surface area contributed by atoms with Crippen LogP contribution in [0.2, 0.25) is 0 Å². The van der Waals surface area contributed by atoms with Gasteiger partial charge in [-0.05, 0) is 18.9 Å². The highest BCUT2D eigenvalue weighted by molar-refractivity contribution is 5.87. The van der Waals surface area contributed by atoms with Gasteiger partial charge >= 0.3 is 5.97 Å². The molecule has 0 amide bonds. The third-order valence-electron chi connectivity index (χ3n) is 4.77. The van der Waals surface area contributed by atoms with E-state index in [-0.39, 0.29) is 0 Å². The van der Waals surface area contributed by atoms with Crippen LogP contribution in [0.5, 0.6) is 0 Å². The van der Waals surface area contributed by atoms with Crippen LogP contribution < -0.4 is 0 Å². The van der Waals surface area contributed by atoms with Gasteiger partial charge in [0, 0.05) is 10.9 Å². The molecule has 0 bridgehead atoms. The van der Waals surface area contributed by atoms with Gasteiger partial charge in [-0.2, -0.15) is 0 Å². The van der Waals surface area contributed by atoms with E-state index in [1.54, 1.807) is 6.26 Å². The SMILES string of the molecule is O=C(O)C1(C2(c3coc4ccccc34)COC2)CC1. The summed E-state index contributed by atoms with van der Waals surface area (Å²) in [6.07, 6.45) is 3.17. The van der Waals surface area contributed by atoms with E-state index in [0.29, 0.717) is 13.2 Å². The number of aliphatic carboxylic acids is 1. The molecule has 2 fully saturated rings. The standard InChI is InChI=1S/C15H14O4/c16-13(17)14(5-6-14)15(8-18-9-15)11-7-19-12-4-2-1-3-10(11)12/h1-4,7H,5-6,8-9H2,(H,16,17). The lowest BCUT2D eigenvalue weighted by atomic mass is 9.66. The predicted molar refractivity (Wildman–Crippen MR) is 68.0 cm³/mol. The first-order valence-electron chi connectivity index (χ1n) is 6.48. The summed E-state index contributed by atoms with van der Waals surface area (Å²) in [7, 11) is 0. The van der Waals surface area contributed by atoms with Gasteiger partial charge in [0.1, 0.15) is 5.58 Å². The second kappa shape index (κ2) is 3.39. The number of furan rings is 1. The van der Waals surface area contributed by atoms with E-state index in [0.717, 1.165) is 29.4 Å². The van der Waals surface area contributed by atoms with E-state index in [1.807, 2.05) is 24.3 Å². The molecule has 4 heteroatoms. The van der Waals surface area contributed by atoms with Crippen LogP contribution in [-0.4, -0.2) is 24.3 Å². The van der Waals surface area contributed by atoms with Crippen molar-refractivity contribution in [3.8, 4) is 0 Å². The number of benzene rings is 1. The third-order valence-corrected chi connectivity index (χ3v) is 4.77. The van der Waals surface area contributed by atoms with Crippen molar-refractivity contribution in [2.45, 2.75) is 18.3 Å². The lowest BCUT2D eigenvalue weighted by Gasteiger charge is -2.45. The van der Waals surface area contributed by atoms with Crippen LogP contribution in [0.1, 0.15) is 18.4 Å². The number of carbonyl (C=O) groups is 1. The highest BCUT2D eigenvalue weighted by atomic mass is 16.5. The van der Waals surface area contributed by atoms with Crippen LogP contribution in [0.25, 0.3) is 11.0 Å². The maximum Gasteiger partial charge on any atom is 0.310 e. The minimum absolute atomic E-state index is 0.411. The van der Waals surface area contributed by atoms with Gasteiger partial charge in [0.05, 0.1) is 30.3 Å². The van der Waals surface area contributed by atoms with Crippen molar-refractivity contribution in [1.29, 1.82) is 0 Å². The molecule has 1 aromatic heterocycles. The fraction of sp³-hybridized carbons (Fsp3) is 0.400. The van der Waals surface area contributed by atoms with Gasteiger partial charge in [0.2, 0.25) is 0 Å². The average Bonchev–Trinajstić information content (AvgIpc) is 3.05. The molecular formula is C15H14O4. The van der Waals surface area contributed by atoms with Crippen molar-refractivity contribution in [3.63, 3.8) is 0 Å². The van der Waals surface area contributed by atoms with E-state index in [4.69, 9.17) is 9.15 Å². The maximum absolute atomic E-state index is 11.7. The topological polar surface area (TPSA) is 59.7 Å². The average molecular weight is 258 g/mol. The second-order valence-corrected chi connectivity index (χ2v) is 5.61. The summed E-state index contributed by atoms with van der Waals surface area (Å²) in [5, 5.41) is 10.6. The molecule has 0 unspecified atom stereocenters. The first-order valence-corrected chi connectivity index (χ1v) is 6.48. The fourth-order valence-electron chi connectivity index (χ4n) is 3.37. The molecule has 4 rings (SSSR count). The zero-order chi connectivity index (χ0) is 13.1. The fourth-order valence-corrected chi connectivity index (χ4v) is 3.37. The number of rotatable bonds is 3. The summed E-state index contributed by atoms with van der Waals surface area (Å²) in [5.41, 5.74) is 0.739. The zero-order valence-electron chi connectivity index (χ0n) is 10.4. The van der Waals surface area contributed by atoms with Crippen molar-refractivity contribution < 1.29 is 19.1 Å². The number of para-hydroxylation sites is 1. The summed E-state index contributed by atoms with van der Waals surface area (Å²) in [6.45, 7) is 0.950. The second-order valence-electron chi connectivity index (χ2n) is 5.61. The number of carboxylic acid groups (broad SMARTS) is 1. The van der Waals surface area contributed by atoms with Gasteiger partial charge in [0.15, 0.2) is 0 Å². The van der Waals surface area contributed by atoms with Gasteiger partial charge in [-0.1, -0.05) is 18.2 Å². The Hall–Kier alpha value is -1.81. The minimum atomic E-state index is -0.707. The third kappa shape index (κ3) is 1.20. The Morgan fingerprint density at radius 3 is 2.53 bits per heavy atom. The maximum atomic E-state index is 11.7. The molecule has 1 aliphatic heterocycles. The number of hydrogen-bond acceptors (Lipinski definition) is 3. The molecule has 1 saturated heterocycles. The molecule has 2 aromatic rings. The predicted octanol–water partition coefficient (Wildman–Crippen LogP) is 2.57. The number of hydrogen-bond donors (Lipinski definition) is 1. The molecule has 2 heterocycles. The molecule has 98 valence electrons. The van der Waals surface area contributed by atoms with Crippen LogP contribution in [0.15, 0.2) is 34.9 Å². The van der Waals surface area contributed by atoms with Gasteiger partial charge in [0.25, 0.3) is 0 Å². The molecule has 1 N–H and O–H groups in total. The Morgan fingerprint density at radius 1 is 1.21 bits per heavy atom. The molecule has 1 aliphatic carbocycles. The van der Waals surface area contributed by atoms with E-state index in [9.17, 15) is 9.90 Å². The summed E-state index contributed by atoms with van der Waals surface area (Å²) in [5.74, 6) is -0.707. The van der Waals surface area contributed by atoms with Gasteiger partial charge in [-0.3, -0.25) is 4.79 Å². The van der Waals surface area contributed by atoms with E-state index >= 15 is 0 Å². The Bertz CT molecular complexity index is 662. The molecule has 0 spiro atoms. The molecule has 4 nitrogen and oxygen atoms in total. The van der Waals surface area contributed by atoms with E-state index < -0.39 is 16.8 Å². The molecular weight excluding hydrogens is 244 g/mol.